The number of aromatic amines is 1. The van der Waals surface area contributed by atoms with Crippen LogP contribution >= 0.6 is 11.6 Å². The number of aliphatic hydroxyl groups excluding tert-OH is 3. The van der Waals surface area contributed by atoms with Crippen LogP contribution < -0.4 is 10.6 Å². The molecule has 3 unspecified atom stereocenters. The predicted octanol–water partition coefficient (Wildman–Crippen LogP) is 6.75. The number of piperidine rings is 1. The standard InChI is InChI=1S/C51H69ClFN5O8/c1-27(2)46(57-44(62)13-6-28(3)35-11-12-36-45-37(25-42(61)51(35,36)5)50(4)17-14-33(59)23-31(50)24-41(45)60)49(65)66-34-15-18-58(19-16-34)48(64)39(20-29-7-9-32(53)10-8-29)56-47(63)38-21-30-22-43(52)54-26-40(30)55-38/h7-10,21-22,26-28,31,33-37,39,41-42,45-46,55,59-61H,6,11-20,23-25H2,1-5H3,(H,56,63)(H,57,62)/t28-,31+,33-,35-,36?,37?,39+,41-,42+,45?,46+,50+,51-/m1/s1. The molecular formula is C51H69ClFN5O8. The number of ether oxygens (including phenoxy) is 1. The van der Waals surface area contributed by atoms with Gasteiger partial charge in [0.25, 0.3) is 5.91 Å². The molecule has 1 aliphatic heterocycles. The van der Waals surface area contributed by atoms with Crippen LogP contribution in [0.4, 0.5) is 4.39 Å². The van der Waals surface area contributed by atoms with Gasteiger partial charge in [-0.05, 0) is 133 Å². The number of carbonyl (C=O) groups is 4. The number of carbonyl (C=O) groups excluding carboxylic acids is 4. The summed E-state index contributed by atoms with van der Waals surface area (Å²) in [6, 6.07) is 7.22. The Morgan fingerprint density at radius 3 is 2.39 bits per heavy atom. The number of nitrogens with one attached hydrogen (secondary N) is 3. The number of amides is 3. The lowest BCUT2D eigenvalue weighted by molar-refractivity contribution is -0.207. The van der Waals surface area contributed by atoms with Crippen LogP contribution in [0, 0.1) is 58.1 Å². The fourth-order valence-corrected chi connectivity index (χ4v) is 13.7. The van der Waals surface area contributed by atoms with Gasteiger partial charge < -0.3 is 40.6 Å². The predicted molar refractivity (Wildman–Crippen MR) is 247 cm³/mol. The minimum atomic E-state index is -0.967. The van der Waals surface area contributed by atoms with Crippen molar-refractivity contribution in [2.75, 3.05) is 13.1 Å². The van der Waals surface area contributed by atoms with Crippen molar-refractivity contribution in [2.45, 2.75) is 148 Å². The second-order valence-electron chi connectivity index (χ2n) is 21.4. The van der Waals surface area contributed by atoms with Crippen LogP contribution in [0.1, 0.15) is 121 Å². The smallest absolute Gasteiger partial charge is 0.329 e. The Morgan fingerprint density at radius 1 is 0.955 bits per heavy atom. The monoisotopic (exact) mass is 933 g/mol. The van der Waals surface area contributed by atoms with Crippen molar-refractivity contribution < 1.29 is 43.6 Å². The summed E-state index contributed by atoms with van der Waals surface area (Å²) in [5.74, 6) is -1.10. The van der Waals surface area contributed by atoms with Gasteiger partial charge in [-0.15, -0.1) is 0 Å². The number of hydrogen-bond donors (Lipinski definition) is 6. The van der Waals surface area contributed by atoms with Gasteiger partial charge in [-0.25, -0.2) is 14.2 Å². The first kappa shape index (κ1) is 48.4. The molecule has 0 bridgehead atoms. The van der Waals surface area contributed by atoms with Gasteiger partial charge in [0.15, 0.2) is 0 Å². The number of aliphatic hydroxyl groups is 3. The van der Waals surface area contributed by atoms with Crippen LogP contribution in [0.5, 0.6) is 0 Å². The Kier molecular flexibility index (Phi) is 14.3. The third kappa shape index (κ3) is 9.63. The number of nitrogens with zero attached hydrogens (tertiary/aromatic N) is 2. The summed E-state index contributed by atoms with van der Waals surface area (Å²) in [5, 5.41) is 40.9. The molecule has 15 heteroatoms. The summed E-state index contributed by atoms with van der Waals surface area (Å²) < 4.78 is 19.7. The van der Waals surface area contributed by atoms with Gasteiger partial charge in [-0.1, -0.05) is 58.4 Å². The number of halogens is 2. The van der Waals surface area contributed by atoms with Gasteiger partial charge >= 0.3 is 5.97 Å². The van der Waals surface area contributed by atoms with Crippen molar-refractivity contribution in [3.8, 4) is 0 Å². The fourth-order valence-electron chi connectivity index (χ4n) is 13.5. The third-order valence-corrected chi connectivity index (χ3v) is 17.5. The number of esters is 1. The Labute approximate surface area is 392 Å². The summed E-state index contributed by atoms with van der Waals surface area (Å²) in [6.45, 7) is 11.0. The summed E-state index contributed by atoms with van der Waals surface area (Å²) in [7, 11) is 0. The number of benzene rings is 1. The van der Waals surface area contributed by atoms with Gasteiger partial charge in [0, 0.05) is 44.2 Å². The molecular weight excluding hydrogens is 865 g/mol. The zero-order chi connectivity index (χ0) is 47.2. The first-order valence-corrected chi connectivity index (χ1v) is 24.8. The van der Waals surface area contributed by atoms with E-state index in [0.29, 0.717) is 48.6 Å². The first-order valence-electron chi connectivity index (χ1n) is 24.4. The van der Waals surface area contributed by atoms with Gasteiger partial charge in [0.1, 0.15) is 34.9 Å². The minimum absolute atomic E-state index is 0.00398. The molecule has 1 aromatic carbocycles. The van der Waals surface area contributed by atoms with Crippen LogP contribution in [-0.2, 0) is 25.5 Å². The molecule has 5 aliphatic rings. The van der Waals surface area contributed by atoms with Gasteiger partial charge in [-0.3, -0.25) is 14.4 Å². The van der Waals surface area contributed by atoms with Crippen molar-refractivity contribution >= 4 is 46.2 Å². The number of H-pyrrole nitrogens is 1. The van der Waals surface area contributed by atoms with Crippen molar-refractivity contribution in [2.24, 2.45) is 52.3 Å². The lowest BCUT2D eigenvalue weighted by Gasteiger charge is -2.63. The number of likely N-dealkylation sites (tertiary alicyclic amines) is 1. The quantitative estimate of drug-likeness (QED) is 0.0795. The molecule has 4 aliphatic carbocycles. The van der Waals surface area contributed by atoms with Gasteiger partial charge in [0.2, 0.25) is 11.8 Å². The van der Waals surface area contributed by atoms with E-state index in [4.69, 9.17) is 16.3 Å². The number of hydrogen-bond acceptors (Lipinski definition) is 9. The van der Waals surface area contributed by atoms with Crippen molar-refractivity contribution in [1.82, 2.24) is 25.5 Å². The van der Waals surface area contributed by atoms with E-state index in [1.165, 1.54) is 18.3 Å². The molecule has 6 N–H and O–H groups in total. The van der Waals surface area contributed by atoms with E-state index in [-0.39, 0.29) is 107 Å². The van der Waals surface area contributed by atoms with E-state index in [0.717, 1.165) is 32.1 Å². The van der Waals surface area contributed by atoms with Crippen LogP contribution in [-0.4, -0.2) is 103 Å². The average molecular weight is 935 g/mol. The maximum Gasteiger partial charge on any atom is 0.329 e. The molecule has 0 radical (unpaired) electrons. The topological polar surface area (TPSA) is 194 Å². The second-order valence-corrected chi connectivity index (χ2v) is 21.8. The van der Waals surface area contributed by atoms with E-state index < -0.39 is 48.1 Å². The zero-order valence-corrected chi connectivity index (χ0v) is 39.7. The summed E-state index contributed by atoms with van der Waals surface area (Å²) in [4.78, 5) is 63.5. The van der Waals surface area contributed by atoms with Crippen molar-refractivity contribution in [1.29, 1.82) is 0 Å². The number of rotatable bonds is 13. The fraction of sp³-hybridized carbons (Fsp3) is 0.667. The lowest BCUT2D eigenvalue weighted by Crippen LogP contribution is -2.62. The minimum Gasteiger partial charge on any atom is -0.461 e. The van der Waals surface area contributed by atoms with Crippen molar-refractivity contribution in [3.05, 3.63) is 64.8 Å². The SMILES string of the molecule is CC(C)[C@H](NC(=O)CC[C@@H](C)[C@H]1CCC2C3C(C[C@H](O)[C@@]21C)[C@@]1(C)CC[C@@H](O)C[C@H]1C[C@H]3O)C(=O)OC1CCN(C(=O)[C@H](Cc2ccc(F)cc2)NC(=O)c2cc3cc(Cl)ncc3[nH]2)CC1. The van der Waals surface area contributed by atoms with E-state index in [1.807, 2.05) is 13.8 Å². The molecule has 1 saturated heterocycles. The molecule has 2 aromatic heterocycles. The highest BCUT2D eigenvalue weighted by molar-refractivity contribution is 6.30. The van der Waals surface area contributed by atoms with E-state index in [2.05, 4.69) is 41.4 Å². The van der Waals surface area contributed by atoms with E-state index in [1.54, 1.807) is 29.2 Å². The number of fused-ring (bicyclic) bond motifs is 6. The molecule has 4 saturated carbocycles. The molecule has 0 spiro atoms. The highest BCUT2D eigenvalue weighted by Crippen LogP contribution is 2.68. The molecule has 3 heterocycles. The summed E-state index contributed by atoms with van der Waals surface area (Å²) in [6.07, 6.45) is 7.15. The zero-order valence-electron chi connectivity index (χ0n) is 39.0. The van der Waals surface area contributed by atoms with Crippen LogP contribution in [0.3, 0.4) is 0 Å². The molecule has 13 nitrogen and oxygen atoms in total. The lowest BCUT2D eigenvalue weighted by atomic mass is 9.43. The molecule has 13 atom stereocenters. The normalized spacial score (nSPS) is 32.4. The molecule has 3 aromatic rings. The van der Waals surface area contributed by atoms with Gasteiger partial charge in [0.05, 0.1) is 30.0 Å². The highest BCUT2D eigenvalue weighted by atomic mass is 35.5. The largest absolute Gasteiger partial charge is 0.461 e. The molecule has 5 fully saturated rings. The Bertz CT molecular complexity index is 2250. The Balaban J connectivity index is 0.835. The maximum absolute atomic E-state index is 14.0. The van der Waals surface area contributed by atoms with Crippen molar-refractivity contribution in [3.63, 3.8) is 0 Å². The molecule has 3 amide bonds. The number of pyridine rings is 1. The molecule has 66 heavy (non-hydrogen) atoms. The third-order valence-electron chi connectivity index (χ3n) is 17.3. The first-order chi connectivity index (χ1) is 31.3. The Morgan fingerprint density at radius 2 is 1.68 bits per heavy atom. The second kappa shape index (κ2) is 19.5. The maximum atomic E-state index is 14.0. The number of aromatic nitrogens is 2. The molecule has 8 rings (SSSR count). The van der Waals surface area contributed by atoms with Gasteiger partial charge in [-0.2, -0.15) is 0 Å². The average Bonchev–Trinajstić information content (AvgIpc) is 3.87. The van der Waals surface area contributed by atoms with Crippen LogP contribution in [0.2, 0.25) is 5.15 Å². The summed E-state index contributed by atoms with van der Waals surface area (Å²) in [5.41, 5.74) is 1.14. The summed E-state index contributed by atoms with van der Waals surface area (Å²) >= 11 is 6.04. The van der Waals surface area contributed by atoms with Crippen LogP contribution in [0.15, 0.2) is 42.6 Å². The van der Waals surface area contributed by atoms with E-state index >= 15 is 0 Å². The van der Waals surface area contributed by atoms with E-state index in [9.17, 15) is 38.9 Å². The Hall–Kier alpha value is -4.11. The van der Waals surface area contributed by atoms with Crippen LogP contribution in [0.25, 0.3) is 10.9 Å². The molecule has 360 valence electrons. The highest BCUT2D eigenvalue weighted by Gasteiger charge is 2.65.